The maximum Gasteiger partial charge on any atom is 0.228 e. The Morgan fingerprint density at radius 3 is 2.79 bits per heavy atom. The van der Waals surface area contributed by atoms with E-state index in [0.29, 0.717) is 30.6 Å². The molecule has 0 bridgehead atoms. The van der Waals surface area contributed by atoms with Crippen molar-refractivity contribution in [3.05, 3.63) is 59.4 Å². The number of amides is 2. The van der Waals surface area contributed by atoms with Crippen molar-refractivity contribution < 1.29 is 14.0 Å². The lowest BCUT2D eigenvalue weighted by atomic mass is 10.0. The van der Waals surface area contributed by atoms with E-state index in [1.807, 2.05) is 19.1 Å². The Hall–Kier alpha value is -2.69. The molecule has 0 radical (unpaired) electrons. The van der Waals surface area contributed by atoms with Gasteiger partial charge in [-0.25, -0.2) is 4.39 Å². The molecule has 4 nitrogen and oxygen atoms in total. The zero-order valence-electron chi connectivity index (χ0n) is 13.5. The summed E-state index contributed by atoms with van der Waals surface area (Å²) in [6.45, 7) is 2.58. The highest BCUT2D eigenvalue weighted by molar-refractivity contribution is 5.97. The Kier molecular flexibility index (Phi) is 4.60. The van der Waals surface area contributed by atoms with Crippen LogP contribution in [-0.2, 0) is 22.4 Å². The van der Waals surface area contributed by atoms with E-state index in [0.717, 1.165) is 11.3 Å². The van der Waals surface area contributed by atoms with Gasteiger partial charge in [0, 0.05) is 24.3 Å². The number of nitrogens with zero attached hydrogens (tertiary/aromatic N) is 1. The van der Waals surface area contributed by atoms with Crippen LogP contribution in [-0.4, -0.2) is 18.4 Å². The second-order valence-corrected chi connectivity index (χ2v) is 5.84. The van der Waals surface area contributed by atoms with Crippen LogP contribution < -0.4 is 10.2 Å². The molecule has 0 aromatic heterocycles. The minimum absolute atomic E-state index is 0.119. The fraction of sp³-hybridized carbons (Fsp3) is 0.263. The fourth-order valence-corrected chi connectivity index (χ4v) is 3.02. The van der Waals surface area contributed by atoms with Crippen LogP contribution in [0.1, 0.15) is 24.5 Å². The number of hydrogen-bond donors (Lipinski definition) is 1. The first-order chi connectivity index (χ1) is 11.6. The van der Waals surface area contributed by atoms with Gasteiger partial charge in [-0.15, -0.1) is 0 Å². The second-order valence-electron chi connectivity index (χ2n) is 5.84. The summed E-state index contributed by atoms with van der Waals surface area (Å²) in [5.41, 5.74) is 3.30. The lowest BCUT2D eigenvalue weighted by molar-refractivity contribution is -0.119. The van der Waals surface area contributed by atoms with Gasteiger partial charge in [-0.3, -0.25) is 9.59 Å². The third-order valence-electron chi connectivity index (χ3n) is 4.13. The molecule has 0 saturated carbocycles. The molecular formula is C19H19FN2O2. The Labute approximate surface area is 140 Å². The van der Waals surface area contributed by atoms with Crippen LogP contribution in [0.25, 0.3) is 0 Å². The average molecular weight is 326 g/mol. The summed E-state index contributed by atoms with van der Waals surface area (Å²) in [7, 11) is 0. The Balaban J connectivity index is 1.72. The molecule has 124 valence electrons. The predicted octanol–water partition coefficient (Wildman–Crippen LogP) is 3.31. The summed E-state index contributed by atoms with van der Waals surface area (Å²) in [5, 5.41) is 2.84. The summed E-state index contributed by atoms with van der Waals surface area (Å²) < 4.78 is 13.2. The van der Waals surface area contributed by atoms with Gasteiger partial charge in [-0.1, -0.05) is 12.1 Å². The SMILES string of the molecule is CCN1C(=O)CCc2cc(NC(=O)Cc3cccc(F)c3)ccc21. The third-order valence-corrected chi connectivity index (χ3v) is 4.13. The van der Waals surface area contributed by atoms with Crippen molar-refractivity contribution >= 4 is 23.2 Å². The third kappa shape index (κ3) is 3.45. The molecule has 2 amide bonds. The molecule has 5 heteroatoms. The minimum Gasteiger partial charge on any atom is -0.326 e. The summed E-state index contributed by atoms with van der Waals surface area (Å²) in [6.07, 6.45) is 1.29. The summed E-state index contributed by atoms with van der Waals surface area (Å²) in [6, 6.07) is 11.6. The van der Waals surface area contributed by atoms with Gasteiger partial charge in [0.15, 0.2) is 0 Å². The van der Waals surface area contributed by atoms with Gasteiger partial charge in [0.2, 0.25) is 11.8 Å². The van der Waals surface area contributed by atoms with Crippen molar-refractivity contribution in [2.75, 3.05) is 16.8 Å². The maximum absolute atomic E-state index is 13.2. The Morgan fingerprint density at radius 1 is 1.21 bits per heavy atom. The zero-order valence-corrected chi connectivity index (χ0v) is 13.5. The molecule has 2 aromatic rings. The summed E-state index contributed by atoms with van der Waals surface area (Å²) in [5.74, 6) is -0.411. The molecule has 24 heavy (non-hydrogen) atoms. The average Bonchev–Trinajstić information content (AvgIpc) is 2.55. The van der Waals surface area contributed by atoms with Crippen LogP contribution in [0.4, 0.5) is 15.8 Å². The van der Waals surface area contributed by atoms with Crippen LogP contribution in [0.2, 0.25) is 0 Å². The topological polar surface area (TPSA) is 49.4 Å². The molecular weight excluding hydrogens is 307 g/mol. The molecule has 2 aromatic carbocycles. The van der Waals surface area contributed by atoms with E-state index < -0.39 is 0 Å². The van der Waals surface area contributed by atoms with Crippen molar-refractivity contribution in [1.82, 2.24) is 0 Å². The van der Waals surface area contributed by atoms with Gasteiger partial charge in [-0.2, -0.15) is 0 Å². The molecule has 1 aliphatic heterocycles. The van der Waals surface area contributed by atoms with Gasteiger partial charge < -0.3 is 10.2 Å². The van der Waals surface area contributed by atoms with E-state index in [1.54, 1.807) is 23.1 Å². The number of benzene rings is 2. The van der Waals surface area contributed by atoms with E-state index in [-0.39, 0.29) is 24.1 Å². The van der Waals surface area contributed by atoms with Gasteiger partial charge in [0.1, 0.15) is 5.82 Å². The largest absolute Gasteiger partial charge is 0.326 e. The number of aryl methyl sites for hydroxylation is 1. The number of carbonyl (C=O) groups excluding carboxylic acids is 2. The van der Waals surface area contributed by atoms with Gasteiger partial charge in [-0.05, 0) is 54.8 Å². The van der Waals surface area contributed by atoms with Gasteiger partial charge >= 0.3 is 0 Å². The van der Waals surface area contributed by atoms with Crippen molar-refractivity contribution in [3.8, 4) is 0 Å². The van der Waals surface area contributed by atoms with E-state index in [2.05, 4.69) is 5.32 Å². The number of rotatable bonds is 4. The minimum atomic E-state index is -0.349. The first-order valence-corrected chi connectivity index (χ1v) is 8.04. The van der Waals surface area contributed by atoms with E-state index in [4.69, 9.17) is 0 Å². The normalized spacial score (nSPS) is 13.6. The first kappa shape index (κ1) is 16.2. The molecule has 0 atom stereocenters. The molecule has 0 aliphatic carbocycles. The Bertz CT molecular complexity index is 789. The number of hydrogen-bond acceptors (Lipinski definition) is 2. The Morgan fingerprint density at radius 2 is 2.04 bits per heavy atom. The number of carbonyl (C=O) groups is 2. The molecule has 1 heterocycles. The fourth-order valence-electron chi connectivity index (χ4n) is 3.02. The predicted molar refractivity (Wildman–Crippen MR) is 91.5 cm³/mol. The molecule has 0 fully saturated rings. The van der Waals surface area contributed by atoms with Crippen molar-refractivity contribution in [2.24, 2.45) is 0 Å². The van der Waals surface area contributed by atoms with Crippen molar-refractivity contribution in [3.63, 3.8) is 0 Å². The van der Waals surface area contributed by atoms with E-state index in [9.17, 15) is 14.0 Å². The van der Waals surface area contributed by atoms with Crippen LogP contribution >= 0.6 is 0 Å². The number of fused-ring (bicyclic) bond motifs is 1. The first-order valence-electron chi connectivity index (χ1n) is 8.04. The lowest BCUT2D eigenvalue weighted by Crippen LogP contribution is -2.34. The highest BCUT2D eigenvalue weighted by atomic mass is 19.1. The quantitative estimate of drug-likeness (QED) is 0.937. The zero-order chi connectivity index (χ0) is 17.1. The highest BCUT2D eigenvalue weighted by Gasteiger charge is 2.22. The van der Waals surface area contributed by atoms with E-state index in [1.165, 1.54) is 12.1 Å². The van der Waals surface area contributed by atoms with Crippen LogP contribution in [0.3, 0.4) is 0 Å². The van der Waals surface area contributed by atoms with Gasteiger partial charge in [0.25, 0.3) is 0 Å². The summed E-state index contributed by atoms with van der Waals surface area (Å²) in [4.78, 5) is 25.8. The van der Waals surface area contributed by atoms with Crippen LogP contribution in [0.15, 0.2) is 42.5 Å². The summed E-state index contributed by atoms with van der Waals surface area (Å²) >= 11 is 0. The second kappa shape index (κ2) is 6.83. The molecule has 1 N–H and O–H groups in total. The smallest absolute Gasteiger partial charge is 0.228 e. The number of nitrogens with one attached hydrogen (secondary N) is 1. The van der Waals surface area contributed by atoms with Crippen molar-refractivity contribution in [2.45, 2.75) is 26.2 Å². The van der Waals surface area contributed by atoms with Gasteiger partial charge in [0.05, 0.1) is 6.42 Å². The molecule has 3 rings (SSSR count). The molecule has 0 saturated heterocycles. The molecule has 0 unspecified atom stereocenters. The monoisotopic (exact) mass is 326 g/mol. The van der Waals surface area contributed by atoms with Crippen LogP contribution in [0, 0.1) is 5.82 Å². The lowest BCUT2D eigenvalue weighted by Gasteiger charge is -2.28. The highest BCUT2D eigenvalue weighted by Crippen LogP contribution is 2.30. The maximum atomic E-state index is 13.2. The van der Waals surface area contributed by atoms with E-state index >= 15 is 0 Å². The number of anilines is 2. The van der Waals surface area contributed by atoms with Crippen molar-refractivity contribution in [1.29, 1.82) is 0 Å². The standard InChI is InChI=1S/C19H19FN2O2/c1-2-22-17-8-7-16(12-14(17)6-9-19(22)24)21-18(23)11-13-4-3-5-15(20)10-13/h3-5,7-8,10,12H,2,6,9,11H2,1H3,(H,21,23). The molecule has 0 spiro atoms. The van der Waals surface area contributed by atoms with Crippen LogP contribution in [0.5, 0.6) is 0 Å². The number of halogens is 1. The molecule has 1 aliphatic rings.